The molecule has 0 saturated heterocycles. The second-order valence-electron chi connectivity index (χ2n) is 6.96. The fourth-order valence-electron chi connectivity index (χ4n) is 2.30. The van der Waals surface area contributed by atoms with Crippen molar-refractivity contribution in [3.8, 4) is 0 Å². The van der Waals surface area contributed by atoms with Gasteiger partial charge in [-0.1, -0.05) is 29.3 Å². The number of aliphatic hydroxyl groups is 1. The molecule has 0 bridgehead atoms. The van der Waals surface area contributed by atoms with Crippen molar-refractivity contribution in [3.63, 3.8) is 0 Å². The molecule has 6 nitrogen and oxygen atoms in total. The molecule has 146 valence electrons. The van der Waals surface area contributed by atoms with Gasteiger partial charge in [0.05, 0.1) is 35.7 Å². The van der Waals surface area contributed by atoms with E-state index in [0.717, 1.165) is 5.56 Å². The highest BCUT2D eigenvalue weighted by molar-refractivity contribution is 6.42. The van der Waals surface area contributed by atoms with Crippen LogP contribution >= 0.6 is 23.2 Å². The summed E-state index contributed by atoms with van der Waals surface area (Å²) in [6.07, 6.45) is -1.75. The smallest absolute Gasteiger partial charge is 0.410 e. The number of hydrogen-bond donors (Lipinski definition) is 1. The molecule has 1 aromatic carbocycles. The van der Waals surface area contributed by atoms with E-state index >= 15 is 0 Å². The van der Waals surface area contributed by atoms with E-state index in [-0.39, 0.29) is 12.8 Å². The molecule has 0 aliphatic carbocycles. The zero-order chi connectivity index (χ0) is 20.1. The number of benzene rings is 1. The van der Waals surface area contributed by atoms with Crippen LogP contribution in [0.3, 0.4) is 0 Å². The summed E-state index contributed by atoms with van der Waals surface area (Å²) in [7, 11) is 2.75. The van der Waals surface area contributed by atoms with Crippen molar-refractivity contribution in [2.24, 2.45) is 0 Å². The van der Waals surface area contributed by atoms with E-state index in [1.807, 2.05) is 0 Å². The number of amides is 1. The zero-order valence-electron chi connectivity index (χ0n) is 15.6. The Balaban J connectivity index is 3.05. The largest absolute Gasteiger partial charge is 0.469 e. The molecular weight excluding hydrogens is 381 g/mol. The molecular formula is C18H25Cl2NO5. The van der Waals surface area contributed by atoms with Crippen molar-refractivity contribution in [2.75, 3.05) is 14.2 Å². The number of aliphatic hydroxyl groups excluding tert-OH is 1. The second-order valence-corrected chi connectivity index (χ2v) is 7.77. The van der Waals surface area contributed by atoms with Crippen molar-refractivity contribution in [1.29, 1.82) is 0 Å². The first-order valence-corrected chi connectivity index (χ1v) is 8.84. The highest BCUT2D eigenvalue weighted by Crippen LogP contribution is 2.25. The number of methoxy groups -OCH3 is 1. The molecule has 26 heavy (non-hydrogen) atoms. The third kappa shape index (κ3) is 7.02. The lowest BCUT2D eigenvalue weighted by Crippen LogP contribution is -2.48. The summed E-state index contributed by atoms with van der Waals surface area (Å²) >= 11 is 12.0. The zero-order valence-corrected chi connectivity index (χ0v) is 17.1. The third-order valence-corrected chi connectivity index (χ3v) is 4.39. The summed E-state index contributed by atoms with van der Waals surface area (Å²) in [6.45, 7) is 5.24. The van der Waals surface area contributed by atoms with Crippen LogP contribution in [0.2, 0.25) is 10.0 Å². The summed E-state index contributed by atoms with van der Waals surface area (Å²) in [5.41, 5.74) is 0.0657. The number of carbonyl (C=O) groups excluding carboxylic acids is 2. The number of nitrogens with zero attached hydrogens (tertiary/aromatic N) is 1. The molecule has 0 fully saturated rings. The van der Waals surface area contributed by atoms with Crippen molar-refractivity contribution in [3.05, 3.63) is 33.8 Å². The van der Waals surface area contributed by atoms with Gasteiger partial charge in [-0.3, -0.25) is 4.79 Å². The molecule has 2 atom stereocenters. The lowest BCUT2D eigenvalue weighted by atomic mass is 9.98. The Morgan fingerprint density at radius 1 is 1.23 bits per heavy atom. The average Bonchev–Trinajstić information content (AvgIpc) is 2.53. The summed E-state index contributed by atoms with van der Waals surface area (Å²) in [4.78, 5) is 25.2. The summed E-state index contributed by atoms with van der Waals surface area (Å²) in [5.74, 6) is -0.575. The SMILES string of the molecule is COC(=O)CC(O)[C@@H](Cc1ccc(Cl)c(Cl)c1)N(C)C(=O)OC(C)(C)C. The molecule has 0 spiro atoms. The molecule has 0 radical (unpaired) electrons. The number of halogens is 2. The lowest BCUT2D eigenvalue weighted by Gasteiger charge is -2.33. The highest BCUT2D eigenvalue weighted by Gasteiger charge is 2.32. The maximum atomic E-state index is 12.4. The summed E-state index contributed by atoms with van der Waals surface area (Å²) in [6, 6.07) is 4.32. The molecule has 8 heteroatoms. The standard InChI is InChI=1S/C18H25Cl2NO5/c1-18(2,3)26-17(24)21(4)14(15(22)10-16(23)25-5)9-11-6-7-12(19)13(20)8-11/h6-8,14-15,22H,9-10H2,1-5H3/t14-,15?/m1/s1. The van der Waals surface area contributed by atoms with Crippen molar-refractivity contribution >= 4 is 35.3 Å². The topological polar surface area (TPSA) is 76.1 Å². The Labute approximate surface area is 164 Å². The van der Waals surface area contributed by atoms with Crippen LogP contribution < -0.4 is 0 Å². The molecule has 0 saturated carbocycles. The van der Waals surface area contributed by atoms with E-state index in [1.165, 1.54) is 19.1 Å². The number of esters is 1. The Morgan fingerprint density at radius 3 is 2.35 bits per heavy atom. The van der Waals surface area contributed by atoms with Gasteiger partial charge in [0.1, 0.15) is 5.60 Å². The van der Waals surface area contributed by atoms with Crippen molar-refractivity contribution in [1.82, 2.24) is 4.90 Å². The van der Waals surface area contributed by atoms with Crippen LogP contribution in [0.25, 0.3) is 0 Å². The molecule has 0 aliphatic heterocycles. The van der Waals surface area contributed by atoms with Crippen LogP contribution in [0.4, 0.5) is 4.79 Å². The van der Waals surface area contributed by atoms with Crippen LogP contribution in [0, 0.1) is 0 Å². The van der Waals surface area contributed by atoms with Crippen LogP contribution in [-0.2, 0) is 20.7 Å². The van der Waals surface area contributed by atoms with E-state index in [9.17, 15) is 14.7 Å². The molecule has 0 aromatic heterocycles. The Kier molecular flexibility index (Phi) is 8.18. The van der Waals surface area contributed by atoms with Gasteiger partial charge >= 0.3 is 12.1 Å². The van der Waals surface area contributed by atoms with Gasteiger partial charge in [0.2, 0.25) is 0 Å². The first kappa shape index (κ1) is 22.5. The fourth-order valence-corrected chi connectivity index (χ4v) is 2.62. The fraction of sp³-hybridized carbons (Fsp3) is 0.556. The monoisotopic (exact) mass is 405 g/mol. The predicted molar refractivity (Wildman–Crippen MR) is 101 cm³/mol. The van der Waals surface area contributed by atoms with Crippen LogP contribution in [-0.4, -0.2) is 54.0 Å². The lowest BCUT2D eigenvalue weighted by molar-refractivity contribution is -0.143. The maximum Gasteiger partial charge on any atom is 0.410 e. The predicted octanol–water partition coefficient (Wildman–Crippen LogP) is 3.70. The van der Waals surface area contributed by atoms with Gasteiger partial charge in [0.25, 0.3) is 0 Å². The van der Waals surface area contributed by atoms with Crippen LogP contribution in [0.15, 0.2) is 18.2 Å². The van der Waals surface area contributed by atoms with E-state index in [1.54, 1.807) is 39.0 Å². The minimum absolute atomic E-state index is 0.254. The molecule has 1 amide bonds. The second kappa shape index (κ2) is 9.44. The van der Waals surface area contributed by atoms with Gasteiger partial charge in [-0.25, -0.2) is 4.79 Å². The minimum atomic E-state index is -1.14. The minimum Gasteiger partial charge on any atom is -0.469 e. The van der Waals surface area contributed by atoms with Gasteiger partial charge in [0.15, 0.2) is 0 Å². The molecule has 1 N–H and O–H groups in total. The number of likely N-dealkylation sites (N-methyl/N-ethyl adjacent to an activating group) is 1. The summed E-state index contributed by atoms with van der Waals surface area (Å²) < 4.78 is 9.96. The Morgan fingerprint density at radius 2 is 1.85 bits per heavy atom. The maximum absolute atomic E-state index is 12.4. The van der Waals surface area contributed by atoms with Gasteiger partial charge < -0.3 is 19.5 Å². The van der Waals surface area contributed by atoms with Gasteiger partial charge in [0, 0.05) is 7.05 Å². The molecule has 1 rings (SSSR count). The summed E-state index contributed by atoms with van der Waals surface area (Å²) in [5, 5.41) is 11.3. The average molecular weight is 406 g/mol. The number of carbonyl (C=O) groups is 2. The van der Waals surface area contributed by atoms with Crippen molar-refractivity contribution < 1.29 is 24.2 Å². The Bertz CT molecular complexity index is 645. The number of rotatable bonds is 6. The molecule has 0 heterocycles. The molecule has 1 unspecified atom stereocenters. The molecule has 0 aliphatic rings. The van der Waals surface area contributed by atoms with E-state index < -0.39 is 29.8 Å². The van der Waals surface area contributed by atoms with Crippen molar-refractivity contribution in [2.45, 2.75) is 51.4 Å². The highest BCUT2D eigenvalue weighted by atomic mass is 35.5. The Hall–Kier alpha value is -1.50. The molecule has 1 aromatic rings. The quantitative estimate of drug-likeness (QED) is 0.730. The first-order valence-electron chi connectivity index (χ1n) is 8.09. The van der Waals surface area contributed by atoms with Crippen LogP contribution in [0.1, 0.15) is 32.8 Å². The van der Waals surface area contributed by atoms with E-state index in [0.29, 0.717) is 10.0 Å². The van der Waals surface area contributed by atoms with Gasteiger partial charge in [-0.15, -0.1) is 0 Å². The number of hydrogen-bond acceptors (Lipinski definition) is 5. The third-order valence-electron chi connectivity index (χ3n) is 3.66. The van der Waals surface area contributed by atoms with E-state index in [4.69, 9.17) is 27.9 Å². The van der Waals surface area contributed by atoms with Gasteiger partial charge in [-0.2, -0.15) is 0 Å². The first-order chi connectivity index (χ1) is 11.9. The van der Waals surface area contributed by atoms with Crippen LogP contribution in [0.5, 0.6) is 0 Å². The number of ether oxygens (including phenoxy) is 2. The van der Waals surface area contributed by atoms with E-state index in [2.05, 4.69) is 4.74 Å². The van der Waals surface area contributed by atoms with Gasteiger partial charge in [-0.05, 0) is 44.9 Å². The normalized spacial score (nSPS) is 13.7.